The normalized spacial score (nSPS) is 22.6. The maximum Gasteiger partial charge on any atom is 0.191 e. The number of guanidine groups is 1. The van der Waals surface area contributed by atoms with Crippen molar-refractivity contribution in [3.8, 4) is 0 Å². The van der Waals surface area contributed by atoms with Gasteiger partial charge in [0.1, 0.15) is 0 Å². The predicted molar refractivity (Wildman–Crippen MR) is 123 cm³/mol. The van der Waals surface area contributed by atoms with E-state index < -0.39 is 0 Å². The third kappa shape index (κ3) is 9.71. The van der Waals surface area contributed by atoms with E-state index in [4.69, 9.17) is 9.73 Å². The summed E-state index contributed by atoms with van der Waals surface area (Å²) in [6.45, 7) is 16.6. The van der Waals surface area contributed by atoms with Crippen LogP contribution in [0.5, 0.6) is 0 Å². The summed E-state index contributed by atoms with van der Waals surface area (Å²) in [6, 6.07) is 1.05. The first kappa shape index (κ1) is 25.9. The fraction of sp³-hybridized carbons (Fsp3) is 0.947. The molecule has 0 aliphatic carbocycles. The quantitative estimate of drug-likeness (QED) is 0.284. The van der Waals surface area contributed by atoms with Gasteiger partial charge in [0.15, 0.2) is 5.96 Å². The number of likely N-dealkylation sites (tertiary alicyclic amines) is 1. The molecule has 7 heteroatoms. The highest BCUT2D eigenvalue weighted by Gasteiger charge is 2.31. The van der Waals surface area contributed by atoms with E-state index in [2.05, 4.69) is 69.1 Å². The highest BCUT2D eigenvalue weighted by Crippen LogP contribution is 2.18. The number of aliphatic imine (C=N–C) groups is 1. The molecule has 0 aromatic carbocycles. The number of nitrogens with one attached hydrogen (secondary N) is 2. The molecule has 0 bridgehead atoms. The second-order valence-electron chi connectivity index (χ2n) is 7.66. The molecule has 2 N–H and O–H groups in total. The van der Waals surface area contributed by atoms with E-state index in [9.17, 15) is 0 Å². The Bertz CT molecular complexity index is 392. The molecule has 1 rings (SSSR count). The molecule has 1 fully saturated rings. The molecule has 0 aromatic rings. The van der Waals surface area contributed by atoms with Gasteiger partial charge in [0.05, 0.1) is 12.6 Å². The number of halogens is 1. The molecular formula is C19H42IN5O. The smallest absolute Gasteiger partial charge is 0.191 e. The Morgan fingerprint density at radius 1 is 1.27 bits per heavy atom. The van der Waals surface area contributed by atoms with Crippen LogP contribution >= 0.6 is 24.0 Å². The standard InChI is InChI=1S/C19H41N5O.HI/c1-8-20-19(21-12-17(25-9-2)10-11-23(6)7)22-18-14-24(15(3)4)13-16(18)5;/h15-18H,8-14H2,1-7H3,(H2,20,21,22);1H. The zero-order valence-electron chi connectivity index (χ0n) is 17.9. The summed E-state index contributed by atoms with van der Waals surface area (Å²) in [7, 11) is 4.19. The molecule has 0 spiro atoms. The molecule has 0 saturated carbocycles. The number of hydrogen-bond acceptors (Lipinski definition) is 4. The summed E-state index contributed by atoms with van der Waals surface area (Å²) >= 11 is 0. The highest BCUT2D eigenvalue weighted by atomic mass is 127. The van der Waals surface area contributed by atoms with E-state index in [-0.39, 0.29) is 30.1 Å². The van der Waals surface area contributed by atoms with E-state index >= 15 is 0 Å². The number of hydrogen-bond donors (Lipinski definition) is 2. The molecule has 1 saturated heterocycles. The van der Waals surface area contributed by atoms with Gasteiger partial charge in [-0.2, -0.15) is 0 Å². The van der Waals surface area contributed by atoms with E-state index in [0.717, 1.165) is 45.2 Å². The molecule has 6 nitrogen and oxygen atoms in total. The van der Waals surface area contributed by atoms with Crippen LogP contribution in [0.4, 0.5) is 0 Å². The minimum atomic E-state index is 0. The Balaban J connectivity index is 0.00000625. The Morgan fingerprint density at radius 3 is 2.46 bits per heavy atom. The van der Waals surface area contributed by atoms with E-state index in [1.54, 1.807) is 0 Å². The lowest BCUT2D eigenvalue weighted by atomic mass is 10.1. The Labute approximate surface area is 178 Å². The van der Waals surface area contributed by atoms with Crippen LogP contribution in [0.15, 0.2) is 4.99 Å². The second kappa shape index (κ2) is 14.0. The maximum atomic E-state index is 5.86. The van der Waals surface area contributed by atoms with Gasteiger partial charge < -0.3 is 20.3 Å². The molecule has 3 unspecified atom stereocenters. The van der Waals surface area contributed by atoms with E-state index in [1.165, 1.54) is 0 Å². The lowest BCUT2D eigenvalue weighted by Crippen LogP contribution is -2.47. The van der Waals surface area contributed by atoms with Gasteiger partial charge >= 0.3 is 0 Å². The first-order valence-corrected chi connectivity index (χ1v) is 9.92. The molecule has 26 heavy (non-hydrogen) atoms. The Kier molecular flexibility index (Phi) is 13.9. The van der Waals surface area contributed by atoms with Crippen LogP contribution < -0.4 is 10.6 Å². The molecule has 156 valence electrons. The van der Waals surface area contributed by atoms with Crippen molar-refractivity contribution >= 4 is 29.9 Å². The fourth-order valence-electron chi connectivity index (χ4n) is 3.17. The lowest BCUT2D eigenvalue weighted by molar-refractivity contribution is 0.0582. The van der Waals surface area contributed by atoms with Crippen molar-refractivity contribution in [2.24, 2.45) is 10.9 Å². The largest absolute Gasteiger partial charge is 0.377 e. The Morgan fingerprint density at radius 2 is 1.96 bits per heavy atom. The molecule has 1 heterocycles. The zero-order valence-corrected chi connectivity index (χ0v) is 20.2. The second-order valence-corrected chi connectivity index (χ2v) is 7.66. The van der Waals surface area contributed by atoms with Crippen LogP contribution in [0.2, 0.25) is 0 Å². The van der Waals surface area contributed by atoms with Crippen molar-refractivity contribution < 1.29 is 4.74 Å². The molecule has 0 radical (unpaired) electrons. The van der Waals surface area contributed by atoms with Crippen molar-refractivity contribution in [2.75, 3.05) is 53.4 Å². The number of ether oxygens (including phenoxy) is 1. The average molecular weight is 483 g/mol. The van der Waals surface area contributed by atoms with Crippen molar-refractivity contribution in [3.05, 3.63) is 0 Å². The van der Waals surface area contributed by atoms with Gasteiger partial charge in [-0.1, -0.05) is 6.92 Å². The van der Waals surface area contributed by atoms with E-state index in [0.29, 0.717) is 24.5 Å². The van der Waals surface area contributed by atoms with Crippen LogP contribution in [-0.2, 0) is 4.74 Å². The molecule has 0 amide bonds. The highest BCUT2D eigenvalue weighted by molar-refractivity contribution is 14.0. The topological polar surface area (TPSA) is 52.1 Å². The lowest BCUT2D eigenvalue weighted by Gasteiger charge is -2.23. The van der Waals surface area contributed by atoms with Crippen molar-refractivity contribution in [1.29, 1.82) is 0 Å². The minimum absolute atomic E-state index is 0. The van der Waals surface area contributed by atoms with Crippen LogP contribution in [0.25, 0.3) is 0 Å². The Hall–Kier alpha value is -0.120. The molecule has 3 atom stereocenters. The van der Waals surface area contributed by atoms with Gasteiger partial charge in [0, 0.05) is 44.9 Å². The van der Waals surface area contributed by atoms with Crippen LogP contribution in [0, 0.1) is 5.92 Å². The molecule has 0 aromatic heterocycles. The minimum Gasteiger partial charge on any atom is -0.377 e. The summed E-state index contributed by atoms with van der Waals surface area (Å²) in [5.74, 6) is 1.54. The van der Waals surface area contributed by atoms with Gasteiger partial charge in [-0.15, -0.1) is 24.0 Å². The first-order chi connectivity index (χ1) is 11.9. The molecule has 1 aliphatic heterocycles. The van der Waals surface area contributed by atoms with Gasteiger partial charge in [-0.25, -0.2) is 0 Å². The van der Waals surface area contributed by atoms with Crippen LogP contribution in [-0.4, -0.2) is 87.4 Å². The van der Waals surface area contributed by atoms with Gasteiger partial charge in [0.25, 0.3) is 0 Å². The first-order valence-electron chi connectivity index (χ1n) is 9.92. The van der Waals surface area contributed by atoms with Gasteiger partial charge in [-0.05, 0) is 54.1 Å². The predicted octanol–water partition coefficient (Wildman–Crippen LogP) is 2.25. The summed E-state index contributed by atoms with van der Waals surface area (Å²) in [5.41, 5.74) is 0. The average Bonchev–Trinajstić information content (AvgIpc) is 2.91. The van der Waals surface area contributed by atoms with Crippen LogP contribution in [0.3, 0.4) is 0 Å². The fourth-order valence-corrected chi connectivity index (χ4v) is 3.17. The zero-order chi connectivity index (χ0) is 18.8. The van der Waals surface area contributed by atoms with E-state index in [1.807, 2.05) is 0 Å². The van der Waals surface area contributed by atoms with Gasteiger partial charge in [0.2, 0.25) is 0 Å². The van der Waals surface area contributed by atoms with Crippen LogP contribution in [0.1, 0.15) is 41.0 Å². The summed E-state index contributed by atoms with van der Waals surface area (Å²) in [4.78, 5) is 9.54. The van der Waals surface area contributed by atoms with Crippen molar-refractivity contribution in [2.45, 2.75) is 59.2 Å². The third-order valence-electron chi connectivity index (χ3n) is 4.79. The van der Waals surface area contributed by atoms with Crippen molar-refractivity contribution in [1.82, 2.24) is 20.4 Å². The third-order valence-corrected chi connectivity index (χ3v) is 4.79. The van der Waals surface area contributed by atoms with Gasteiger partial charge in [-0.3, -0.25) is 9.89 Å². The molecular weight excluding hydrogens is 441 g/mol. The summed E-state index contributed by atoms with van der Waals surface area (Å²) < 4.78 is 5.86. The monoisotopic (exact) mass is 483 g/mol. The SMILES string of the molecule is CCNC(=NCC(CCN(C)C)OCC)NC1CN(C(C)C)CC1C.I. The number of rotatable bonds is 10. The maximum absolute atomic E-state index is 5.86. The summed E-state index contributed by atoms with van der Waals surface area (Å²) in [5, 5.41) is 7.04. The molecule has 1 aliphatic rings. The number of nitrogens with zero attached hydrogens (tertiary/aromatic N) is 3. The summed E-state index contributed by atoms with van der Waals surface area (Å²) in [6.07, 6.45) is 1.18. The van der Waals surface area contributed by atoms with Crippen molar-refractivity contribution in [3.63, 3.8) is 0 Å².